The van der Waals surface area contributed by atoms with Gasteiger partial charge in [0.05, 0.1) is 6.61 Å². The van der Waals surface area contributed by atoms with Crippen molar-refractivity contribution >= 4 is 17.7 Å². The van der Waals surface area contributed by atoms with E-state index in [-0.39, 0.29) is 29.8 Å². The van der Waals surface area contributed by atoms with E-state index in [1.807, 2.05) is 32.0 Å². The van der Waals surface area contributed by atoms with Gasteiger partial charge in [-0.3, -0.25) is 9.59 Å². The zero-order chi connectivity index (χ0) is 20.5. The Bertz CT molecular complexity index is 958. The van der Waals surface area contributed by atoms with Crippen LogP contribution in [0.1, 0.15) is 44.2 Å². The zero-order valence-corrected chi connectivity index (χ0v) is 16.7. The van der Waals surface area contributed by atoms with E-state index >= 15 is 0 Å². The molecule has 1 N–H and O–H groups in total. The molecule has 3 aliphatic rings. The molecule has 29 heavy (non-hydrogen) atoms. The topological polar surface area (TPSA) is 86.8 Å². The highest BCUT2D eigenvalue weighted by Gasteiger charge is 2.63. The van der Waals surface area contributed by atoms with E-state index in [0.717, 1.165) is 16.9 Å². The van der Waals surface area contributed by atoms with Crippen molar-refractivity contribution in [2.75, 3.05) is 11.9 Å². The maximum Gasteiger partial charge on any atom is 0.313 e. The average Bonchev–Trinajstić information content (AvgIpc) is 3.33. The molecule has 1 aromatic carbocycles. The summed E-state index contributed by atoms with van der Waals surface area (Å²) < 4.78 is 17.1. The van der Waals surface area contributed by atoms with Crippen molar-refractivity contribution in [1.82, 2.24) is 4.98 Å². The predicted molar refractivity (Wildman–Crippen MR) is 106 cm³/mol. The van der Waals surface area contributed by atoms with E-state index in [0.29, 0.717) is 36.8 Å². The Hall–Kier alpha value is -3.09. The molecule has 7 nitrogen and oxygen atoms in total. The Labute approximate surface area is 169 Å². The summed E-state index contributed by atoms with van der Waals surface area (Å²) in [6.45, 7) is 6.17. The Morgan fingerprint density at radius 1 is 1.28 bits per heavy atom. The second-order valence-electron chi connectivity index (χ2n) is 6.87. The molecule has 2 aliphatic heterocycles. The minimum absolute atomic E-state index is 0.0354. The number of hydrogen-bond donors (Lipinski definition) is 1. The second-order valence-corrected chi connectivity index (χ2v) is 6.87. The number of benzene rings is 1. The maximum absolute atomic E-state index is 12.0. The first kappa shape index (κ1) is 19.2. The number of hydrogen-bond acceptors (Lipinski definition) is 6. The van der Waals surface area contributed by atoms with Crippen molar-refractivity contribution in [3.63, 3.8) is 0 Å². The van der Waals surface area contributed by atoms with Gasteiger partial charge in [0.1, 0.15) is 35.1 Å². The smallest absolute Gasteiger partial charge is 0.313 e. The Morgan fingerprint density at radius 3 is 2.90 bits per heavy atom. The SMILES string of the molecule is CC.CCOC(=O)C1C2Oc3ccc(Oc4ccnc5c4CCC(=O)N5)cc3C21. The summed E-state index contributed by atoms with van der Waals surface area (Å²) in [6.07, 6.45) is 2.49. The third kappa shape index (κ3) is 3.41. The Morgan fingerprint density at radius 2 is 2.10 bits per heavy atom. The van der Waals surface area contributed by atoms with Crippen LogP contribution in [-0.4, -0.2) is 29.6 Å². The molecule has 0 bridgehead atoms. The van der Waals surface area contributed by atoms with Gasteiger partial charge in [-0.05, 0) is 37.6 Å². The van der Waals surface area contributed by atoms with Gasteiger partial charge in [0.15, 0.2) is 0 Å². The molecule has 1 amide bonds. The summed E-state index contributed by atoms with van der Waals surface area (Å²) in [4.78, 5) is 27.8. The van der Waals surface area contributed by atoms with Crippen LogP contribution < -0.4 is 14.8 Å². The van der Waals surface area contributed by atoms with Crippen LogP contribution in [0.2, 0.25) is 0 Å². The Kier molecular flexibility index (Phi) is 5.13. The van der Waals surface area contributed by atoms with E-state index in [9.17, 15) is 9.59 Å². The number of fused-ring (bicyclic) bond motifs is 4. The number of pyridine rings is 1. The largest absolute Gasteiger partial charge is 0.489 e. The number of esters is 1. The first-order valence-corrected chi connectivity index (χ1v) is 10.1. The van der Waals surface area contributed by atoms with Gasteiger partial charge in [-0.15, -0.1) is 0 Å². The van der Waals surface area contributed by atoms with Gasteiger partial charge in [0, 0.05) is 29.7 Å². The van der Waals surface area contributed by atoms with Crippen LogP contribution in [0.4, 0.5) is 5.82 Å². The number of rotatable bonds is 4. The molecule has 0 spiro atoms. The molecular formula is C22H24N2O5. The van der Waals surface area contributed by atoms with E-state index in [1.54, 1.807) is 19.2 Å². The molecule has 1 fully saturated rings. The summed E-state index contributed by atoms with van der Waals surface area (Å²) in [6, 6.07) is 7.43. The third-order valence-corrected chi connectivity index (χ3v) is 5.22. The highest BCUT2D eigenvalue weighted by atomic mass is 16.5. The summed E-state index contributed by atoms with van der Waals surface area (Å²) in [5, 5.41) is 2.77. The van der Waals surface area contributed by atoms with Crippen molar-refractivity contribution in [3.8, 4) is 17.2 Å². The van der Waals surface area contributed by atoms with Crippen molar-refractivity contribution in [2.24, 2.45) is 5.92 Å². The molecule has 0 radical (unpaired) electrons. The third-order valence-electron chi connectivity index (χ3n) is 5.22. The first-order chi connectivity index (χ1) is 14.2. The van der Waals surface area contributed by atoms with Crippen molar-refractivity contribution in [2.45, 2.75) is 45.6 Å². The normalized spacial score (nSPS) is 22.6. The van der Waals surface area contributed by atoms with Crippen LogP contribution in [0.25, 0.3) is 0 Å². The molecule has 3 atom stereocenters. The van der Waals surface area contributed by atoms with Crippen LogP contribution >= 0.6 is 0 Å². The zero-order valence-electron chi connectivity index (χ0n) is 16.7. The van der Waals surface area contributed by atoms with Crippen molar-refractivity contribution in [1.29, 1.82) is 0 Å². The molecule has 1 aromatic heterocycles. The molecule has 2 aromatic rings. The van der Waals surface area contributed by atoms with Gasteiger partial charge in [-0.1, -0.05) is 13.8 Å². The fourth-order valence-corrected chi connectivity index (χ4v) is 3.90. The highest BCUT2D eigenvalue weighted by molar-refractivity contribution is 5.93. The Balaban J connectivity index is 0.000000994. The maximum atomic E-state index is 12.0. The molecule has 3 heterocycles. The quantitative estimate of drug-likeness (QED) is 0.791. The lowest BCUT2D eigenvalue weighted by Gasteiger charge is -2.19. The standard InChI is InChI=1S/C20H18N2O5.C2H6/c1-2-25-20(24)17-16-12-9-10(3-5-13(12)27-18(16)17)26-14-7-8-21-19-11(14)4-6-15(23)22-19;1-2/h3,5,7-9,16-18H,2,4,6H2,1H3,(H,21,22,23);1-2H3. The summed E-state index contributed by atoms with van der Waals surface area (Å²) in [5.74, 6) is 2.26. The average molecular weight is 396 g/mol. The number of anilines is 1. The van der Waals surface area contributed by atoms with Crippen LogP contribution in [0, 0.1) is 5.92 Å². The van der Waals surface area contributed by atoms with Gasteiger partial charge < -0.3 is 19.5 Å². The van der Waals surface area contributed by atoms with Crippen molar-refractivity contribution < 1.29 is 23.8 Å². The van der Waals surface area contributed by atoms with Crippen LogP contribution in [0.15, 0.2) is 30.5 Å². The molecule has 7 heteroatoms. The van der Waals surface area contributed by atoms with Gasteiger partial charge in [-0.25, -0.2) is 4.98 Å². The molecule has 1 saturated carbocycles. The number of carbonyl (C=O) groups is 2. The fourth-order valence-electron chi connectivity index (χ4n) is 3.90. The second kappa shape index (κ2) is 7.73. The molecule has 5 rings (SSSR count). The summed E-state index contributed by atoms with van der Waals surface area (Å²) >= 11 is 0. The van der Waals surface area contributed by atoms with Crippen molar-refractivity contribution in [3.05, 3.63) is 41.6 Å². The lowest BCUT2D eigenvalue weighted by molar-refractivity contribution is -0.145. The molecule has 0 saturated heterocycles. The number of nitrogens with zero attached hydrogens (tertiary/aromatic N) is 1. The van der Waals surface area contributed by atoms with E-state index < -0.39 is 0 Å². The number of nitrogens with one attached hydrogen (secondary N) is 1. The highest BCUT2D eigenvalue weighted by Crippen LogP contribution is 2.59. The minimum Gasteiger partial charge on any atom is -0.489 e. The minimum atomic E-state index is -0.225. The molecular weight excluding hydrogens is 372 g/mol. The number of carbonyl (C=O) groups excluding carboxylic acids is 2. The van der Waals surface area contributed by atoms with Gasteiger partial charge in [0.2, 0.25) is 5.91 Å². The first-order valence-electron chi connectivity index (χ1n) is 10.1. The lowest BCUT2D eigenvalue weighted by Crippen LogP contribution is -2.20. The lowest BCUT2D eigenvalue weighted by atomic mass is 10.1. The number of amides is 1. The van der Waals surface area contributed by atoms with Crippen LogP contribution in [-0.2, 0) is 20.7 Å². The van der Waals surface area contributed by atoms with E-state index in [1.165, 1.54) is 0 Å². The molecule has 1 aliphatic carbocycles. The van der Waals surface area contributed by atoms with E-state index in [4.69, 9.17) is 14.2 Å². The number of ether oxygens (including phenoxy) is 3. The van der Waals surface area contributed by atoms with Crippen LogP contribution in [0.3, 0.4) is 0 Å². The van der Waals surface area contributed by atoms with Gasteiger partial charge in [-0.2, -0.15) is 0 Å². The van der Waals surface area contributed by atoms with Gasteiger partial charge >= 0.3 is 5.97 Å². The predicted octanol–water partition coefficient (Wildman–Crippen LogP) is 3.82. The summed E-state index contributed by atoms with van der Waals surface area (Å²) in [5.41, 5.74) is 1.87. The monoisotopic (exact) mass is 396 g/mol. The number of aromatic nitrogens is 1. The van der Waals surface area contributed by atoms with Crippen LogP contribution in [0.5, 0.6) is 17.2 Å². The molecule has 152 valence electrons. The molecule has 3 unspecified atom stereocenters. The summed E-state index contributed by atoms with van der Waals surface area (Å²) in [7, 11) is 0. The fraction of sp³-hybridized carbons (Fsp3) is 0.409. The van der Waals surface area contributed by atoms with E-state index in [2.05, 4.69) is 10.3 Å². The van der Waals surface area contributed by atoms with Gasteiger partial charge in [0.25, 0.3) is 0 Å².